The molecule has 6 heteroatoms. The SMILES string of the molecule is CCS(=O)(=O)c1cc2ccccc2nc1C(N)=O. The lowest BCUT2D eigenvalue weighted by molar-refractivity contribution is 0.0992. The van der Waals surface area contributed by atoms with Crippen LogP contribution in [0.2, 0.25) is 0 Å². The maximum Gasteiger partial charge on any atom is 0.268 e. The minimum absolute atomic E-state index is 0.101. The van der Waals surface area contributed by atoms with Crippen LogP contribution >= 0.6 is 0 Å². The van der Waals surface area contributed by atoms with E-state index < -0.39 is 15.7 Å². The lowest BCUT2D eigenvalue weighted by Crippen LogP contribution is -2.19. The van der Waals surface area contributed by atoms with Gasteiger partial charge in [-0.15, -0.1) is 0 Å². The van der Waals surface area contributed by atoms with Crippen molar-refractivity contribution in [3.63, 3.8) is 0 Å². The van der Waals surface area contributed by atoms with Crippen molar-refractivity contribution in [3.05, 3.63) is 36.0 Å². The van der Waals surface area contributed by atoms with Gasteiger partial charge in [0.2, 0.25) is 0 Å². The summed E-state index contributed by atoms with van der Waals surface area (Å²) in [7, 11) is -3.53. The molecule has 0 atom stereocenters. The fourth-order valence-electron chi connectivity index (χ4n) is 1.67. The van der Waals surface area contributed by atoms with E-state index in [0.717, 1.165) is 0 Å². The second-order valence-electron chi connectivity index (χ2n) is 3.80. The second kappa shape index (κ2) is 4.38. The Kier molecular flexibility index (Phi) is 3.04. The summed E-state index contributed by atoms with van der Waals surface area (Å²) in [5.41, 5.74) is 5.54. The highest BCUT2D eigenvalue weighted by molar-refractivity contribution is 7.91. The number of para-hydroxylation sites is 1. The summed E-state index contributed by atoms with van der Waals surface area (Å²) in [4.78, 5) is 15.3. The van der Waals surface area contributed by atoms with Gasteiger partial charge >= 0.3 is 0 Å². The van der Waals surface area contributed by atoms with Crippen molar-refractivity contribution in [2.75, 3.05) is 5.75 Å². The van der Waals surface area contributed by atoms with E-state index >= 15 is 0 Å². The van der Waals surface area contributed by atoms with Gasteiger partial charge in [0.1, 0.15) is 5.69 Å². The third-order valence-electron chi connectivity index (χ3n) is 2.64. The van der Waals surface area contributed by atoms with Gasteiger partial charge in [0.05, 0.1) is 16.2 Å². The van der Waals surface area contributed by atoms with Crippen LogP contribution in [-0.2, 0) is 9.84 Å². The summed E-state index contributed by atoms with van der Waals surface area (Å²) < 4.78 is 23.8. The first-order valence-corrected chi connectivity index (χ1v) is 7.03. The number of carbonyl (C=O) groups is 1. The average molecular weight is 264 g/mol. The third kappa shape index (κ3) is 2.06. The monoisotopic (exact) mass is 264 g/mol. The predicted octanol–water partition coefficient (Wildman–Crippen LogP) is 1.13. The van der Waals surface area contributed by atoms with Gasteiger partial charge in [0.25, 0.3) is 5.91 Å². The fraction of sp³-hybridized carbons (Fsp3) is 0.167. The first-order chi connectivity index (χ1) is 8.45. The van der Waals surface area contributed by atoms with E-state index in [4.69, 9.17) is 5.73 Å². The molecule has 5 nitrogen and oxygen atoms in total. The Morgan fingerprint density at radius 2 is 2.00 bits per heavy atom. The van der Waals surface area contributed by atoms with E-state index in [1.165, 1.54) is 13.0 Å². The normalized spacial score (nSPS) is 11.6. The van der Waals surface area contributed by atoms with Gasteiger partial charge in [0.15, 0.2) is 9.84 Å². The molecule has 0 aliphatic carbocycles. The first-order valence-electron chi connectivity index (χ1n) is 5.38. The standard InChI is InChI=1S/C12H12N2O3S/c1-2-18(16,17)10-7-8-5-3-4-6-9(8)14-11(10)12(13)15/h3-7H,2H2,1H3,(H2,13,15). The van der Waals surface area contributed by atoms with Gasteiger partial charge in [0, 0.05) is 5.39 Å². The van der Waals surface area contributed by atoms with Crippen LogP contribution in [0.15, 0.2) is 35.2 Å². The van der Waals surface area contributed by atoms with Crippen molar-refractivity contribution in [2.24, 2.45) is 5.73 Å². The third-order valence-corrected chi connectivity index (χ3v) is 4.38. The molecule has 0 saturated heterocycles. The molecule has 1 aromatic carbocycles. The molecule has 2 N–H and O–H groups in total. The Morgan fingerprint density at radius 1 is 1.33 bits per heavy atom. The molecule has 0 aliphatic heterocycles. The van der Waals surface area contributed by atoms with E-state index in [-0.39, 0.29) is 16.3 Å². The molecule has 18 heavy (non-hydrogen) atoms. The van der Waals surface area contributed by atoms with E-state index in [0.29, 0.717) is 10.9 Å². The summed E-state index contributed by atoms with van der Waals surface area (Å²) >= 11 is 0. The van der Waals surface area contributed by atoms with Crippen molar-refractivity contribution in [3.8, 4) is 0 Å². The fourth-order valence-corrected chi connectivity index (χ4v) is 2.72. The molecule has 0 aliphatic rings. The predicted molar refractivity (Wildman–Crippen MR) is 68.0 cm³/mol. The number of amides is 1. The smallest absolute Gasteiger partial charge is 0.268 e. The van der Waals surface area contributed by atoms with E-state index in [2.05, 4.69) is 4.98 Å². The Balaban J connectivity index is 2.86. The highest BCUT2D eigenvalue weighted by Gasteiger charge is 2.21. The van der Waals surface area contributed by atoms with Crippen LogP contribution in [0.25, 0.3) is 10.9 Å². The zero-order valence-corrected chi connectivity index (χ0v) is 10.6. The summed E-state index contributed by atoms with van der Waals surface area (Å²) in [5.74, 6) is -0.944. The van der Waals surface area contributed by atoms with Gasteiger partial charge in [-0.1, -0.05) is 25.1 Å². The molecule has 0 radical (unpaired) electrons. The molecule has 2 rings (SSSR count). The molecule has 94 valence electrons. The molecule has 0 unspecified atom stereocenters. The average Bonchev–Trinajstić information content (AvgIpc) is 2.37. The Hall–Kier alpha value is -1.95. The molecule has 1 amide bonds. The van der Waals surface area contributed by atoms with Crippen molar-refractivity contribution in [2.45, 2.75) is 11.8 Å². The summed E-state index contributed by atoms with van der Waals surface area (Å²) in [6.07, 6.45) is 0. The molecule has 1 heterocycles. The minimum atomic E-state index is -3.53. The maximum absolute atomic E-state index is 11.9. The topological polar surface area (TPSA) is 90.1 Å². The molecule has 2 aromatic rings. The number of rotatable bonds is 3. The van der Waals surface area contributed by atoms with Crippen LogP contribution in [-0.4, -0.2) is 25.1 Å². The quantitative estimate of drug-likeness (QED) is 0.899. The van der Waals surface area contributed by atoms with Crippen molar-refractivity contribution in [1.82, 2.24) is 4.98 Å². The molecule has 0 spiro atoms. The zero-order valence-electron chi connectivity index (χ0n) is 9.75. The number of nitrogens with two attached hydrogens (primary N) is 1. The lowest BCUT2D eigenvalue weighted by Gasteiger charge is -2.07. The van der Waals surface area contributed by atoms with Crippen LogP contribution in [0.5, 0.6) is 0 Å². The number of hydrogen-bond donors (Lipinski definition) is 1. The highest BCUT2D eigenvalue weighted by Crippen LogP contribution is 2.21. The van der Waals surface area contributed by atoms with Crippen molar-refractivity contribution in [1.29, 1.82) is 0 Å². The van der Waals surface area contributed by atoms with Crippen LogP contribution in [0.3, 0.4) is 0 Å². The minimum Gasteiger partial charge on any atom is -0.364 e. The number of benzene rings is 1. The molecule has 0 saturated carbocycles. The maximum atomic E-state index is 11.9. The highest BCUT2D eigenvalue weighted by atomic mass is 32.2. The Morgan fingerprint density at radius 3 is 2.61 bits per heavy atom. The molecule has 0 bridgehead atoms. The van der Waals surface area contributed by atoms with Gasteiger partial charge in [-0.05, 0) is 12.1 Å². The van der Waals surface area contributed by atoms with Crippen molar-refractivity contribution < 1.29 is 13.2 Å². The number of nitrogens with zero attached hydrogens (tertiary/aromatic N) is 1. The molecular weight excluding hydrogens is 252 g/mol. The first kappa shape index (κ1) is 12.5. The van der Waals surface area contributed by atoms with Crippen LogP contribution < -0.4 is 5.73 Å². The second-order valence-corrected chi connectivity index (χ2v) is 6.04. The number of fused-ring (bicyclic) bond motifs is 1. The largest absolute Gasteiger partial charge is 0.364 e. The molecule has 0 fully saturated rings. The number of aromatic nitrogens is 1. The molecule has 1 aromatic heterocycles. The number of pyridine rings is 1. The Labute approximate surface area is 105 Å². The Bertz CT molecular complexity index is 723. The number of carbonyl (C=O) groups excluding carboxylic acids is 1. The summed E-state index contributed by atoms with van der Waals surface area (Å²) in [5, 5.41) is 0.662. The summed E-state index contributed by atoms with van der Waals surface area (Å²) in [6, 6.07) is 8.41. The van der Waals surface area contributed by atoms with Gasteiger partial charge in [-0.2, -0.15) is 0 Å². The van der Waals surface area contributed by atoms with E-state index in [9.17, 15) is 13.2 Å². The van der Waals surface area contributed by atoms with Crippen LogP contribution in [0, 0.1) is 0 Å². The lowest BCUT2D eigenvalue weighted by atomic mass is 10.2. The van der Waals surface area contributed by atoms with Crippen LogP contribution in [0.1, 0.15) is 17.4 Å². The van der Waals surface area contributed by atoms with Gasteiger partial charge in [-0.3, -0.25) is 4.79 Å². The number of hydrogen-bond acceptors (Lipinski definition) is 4. The number of primary amides is 1. The van der Waals surface area contributed by atoms with Gasteiger partial charge < -0.3 is 5.73 Å². The van der Waals surface area contributed by atoms with Gasteiger partial charge in [-0.25, -0.2) is 13.4 Å². The van der Waals surface area contributed by atoms with Crippen molar-refractivity contribution >= 4 is 26.6 Å². The van der Waals surface area contributed by atoms with E-state index in [1.54, 1.807) is 24.3 Å². The summed E-state index contributed by atoms with van der Waals surface area (Å²) in [6.45, 7) is 1.51. The zero-order chi connectivity index (χ0) is 13.3. The van der Waals surface area contributed by atoms with Crippen LogP contribution in [0.4, 0.5) is 0 Å². The van der Waals surface area contributed by atoms with E-state index in [1.807, 2.05) is 0 Å². The number of sulfone groups is 1. The molecular formula is C12H12N2O3S.